The van der Waals surface area contributed by atoms with Crippen LogP contribution in [0, 0.1) is 0 Å². The molecule has 130 valence electrons. The standard InChI is InChI=1S/C19H18ClNO4/c1-23-16-5-3-2-4-14(16)8-9-21-18(22)7-6-13-10-15(20)19-17(11-13)24-12-25-19/h2-7,10-11H,8-9,12H2,1H3,(H,21,22)/b7-6+. The third-order valence-corrected chi connectivity index (χ3v) is 4.04. The number of para-hydroxylation sites is 1. The molecular weight excluding hydrogens is 342 g/mol. The number of amides is 1. The molecule has 0 atom stereocenters. The Morgan fingerprint density at radius 2 is 2.16 bits per heavy atom. The lowest BCUT2D eigenvalue weighted by molar-refractivity contribution is -0.116. The van der Waals surface area contributed by atoms with E-state index < -0.39 is 0 Å². The maximum absolute atomic E-state index is 12.0. The molecule has 2 aromatic rings. The number of fused-ring (bicyclic) bond motifs is 1. The molecule has 1 N–H and O–H groups in total. The fraction of sp³-hybridized carbons (Fsp3) is 0.211. The highest BCUT2D eigenvalue weighted by Gasteiger charge is 2.17. The van der Waals surface area contributed by atoms with E-state index in [-0.39, 0.29) is 12.7 Å². The lowest BCUT2D eigenvalue weighted by Gasteiger charge is -2.08. The van der Waals surface area contributed by atoms with Crippen LogP contribution in [0.25, 0.3) is 6.08 Å². The van der Waals surface area contributed by atoms with Crippen LogP contribution in [0.5, 0.6) is 17.2 Å². The first-order chi connectivity index (χ1) is 12.2. The highest BCUT2D eigenvalue weighted by Crippen LogP contribution is 2.40. The summed E-state index contributed by atoms with van der Waals surface area (Å²) in [5, 5.41) is 3.31. The van der Waals surface area contributed by atoms with E-state index >= 15 is 0 Å². The molecule has 0 unspecified atom stereocenters. The van der Waals surface area contributed by atoms with Crippen LogP contribution >= 0.6 is 11.6 Å². The highest BCUT2D eigenvalue weighted by molar-refractivity contribution is 6.32. The van der Waals surface area contributed by atoms with Crippen molar-refractivity contribution < 1.29 is 19.0 Å². The van der Waals surface area contributed by atoms with Gasteiger partial charge in [0.2, 0.25) is 12.7 Å². The predicted molar refractivity (Wildman–Crippen MR) is 96.3 cm³/mol. The molecule has 0 aromatic heterocycles. The van der Waals surface area contributed by atoms with E-state index in [1.165, 1.54) is 6.08 Å². The van der Waals surface area contributed by atoms with E-state index in [1.807, 2.05) is 24.3 Å². The first-order valence-electron chi connectivity index (χ1n) is 7.84. The molecular formula is C19H18ClNO4. The number of rotatable bonds is 6. The summed E-state index contributed by atoms with van der Waals surface area (Å²) in [6, 6.07) is 11.3. The monoisotopic (exact) mass is 359 g/mol. The van der Waals surface area contributed by atoms with Crippen LogP contribution in [0.2, 0.25) is 5.02 Å². The van der Waals surface area contributed by atoms with Crippen molar-refractivity contribution in [2.24, 2.45) is 0 Å². The molecule has 1 aliphatic rings. The van der Waals surface area contributed by atoms with Crippen molar-refractivity contribution in [2.45, 2.75) is 6.42 Å². The largest absolute Gasteiger partial charge is 0.496 e. The number of carbonyl (C=O) groups excluding carboxylic acids is 1. The van der Waals surface area contributed by atoms with Gasteiger partial charge in [0, 0.05) is 12.6 Å². The second-order valence-corrected chi connectivity index (χ2v) is 5.83. The SMILES string of the molecule is COc1ccccc1CCNC(=O)/C=C/c1cc(Cl)c2c(c1)OCO2. The average molecular weight is 360 g/mol. The summed E-state index contributed by atoms with van der Waals surface area (Å²) >= 11 is 6.12. The Hall–Kier alpha value is -2.66. The molecule has 0 aliphatic carbocycles. The van der Waals surface area contributed by atoms with Crippen LogP contribution in [-0.2, 0) is 11.2 Å². The van der Waals surface area contributed by atoms with Gasteiger partial charge >= 0.3 is 0 Å². The molecule has 0 radical (unpaired) electrons. The van der Waals surface area contributed by atoms with Crippen molar-refractivity contribution in [2.75, 3.05) is 20.4 Å². The second-order valence-electron chi connectivity index (χ2n) is 5.42. The molecule has 6 heteroatoms. The van der Waals surface area contributed by atoms with Crippen LogP contribution in [0.3, 0.4) is 0 Å². The summed E-state index contributed by atoms with van der Waals surface area (Å²) in [6.45, 7) is 0.678. The first-order valence-corrected chi connectivity index (χ1v) is 8.22. The van der Waals surface area contributed by atoms with Gasteiger partial charge in [0.15, 0.2) is 11.5 Å². The summed E-state index contributed by atoms with van der Waals surface area (Å²) in [5.41, 5.74) is 1.82. The molecule has 1 amide bonds. The summed E-state index contributed by atoms with van der Waals surface area (Å²) in [7, 11) is 1.64. The van der Waals surface area contributed by atoms with Crippen molar-refractivity contribution >= 4 is 23.6 Å². The van der Waals surface area contributed by atoms with Gasteiger partial charge in [0.1, 0.15) is 5.75 Å². The van der Waals surface area contributed by atoms with Crippen molar-refractivity contribution in [3.05, 3.63) is 58.6 Å². The molecule has 3 rings (SSSR count). The Labute approximate surface area is 151 Å². The van der Waals surface area contributed by atoms with Gasteiger partial charge in [0.25, 0.3) is 0 Å². The molecule has 0 spiro atoms. The zero-order valence-electron chi connectivity index (χ0n) is 13.8. The minimum Gasteiger partial charge on any atom is -0.496 e. The third-order valence-electron chi connectivity index (χ3n) is 3.76. The molecule has 0 bridgehead atoms. The molecule has 0 fully saturated rings. The van der Waals surface area contributed by atoms with Crippen LogP contribution in [-0.4, -0.2) is 26.4 Å². The third kappa shape index (κ3) is 4.25. The fourth-order valence-electron chi connectivity index (χ4n) is 2.54. The van der Waals surface area contributed by atoms with Crippen molar-refractivity contribution in [1.29, 1.82) is 0 Å². The van der Waals surface area contributed by atoms with Crippen LogP contribution in [0.4, 0.5) is 0 Å². The maximum atomic E-state index is 12.0. The smallest absolute Gasteiger partial charge is 0.244 e. The van der Waals surface area contributed by atoms with Crippen LogP contribution < -0.4 is 19.5 Å². The molecule has 5 nitrogen and oxygen atoms in total. The van der Waals surface area contributed by atoms with Gasteiger partial charge in [-0.05, 0) is 41.8 Å². The second kappa shape index (κ2) is 7.94. The van der Waals surface area contributed by atoms with E-state index in [9.17, 15) is 4.79 Å². The average Bonchev–Trinajstić information content (AvgIpc) is 3.09. The van der Waals surface area contributed by atoms with E-state index in [2.05, 4.69) is 5.32 Å². The Morgan fingerprint density at radius 3 is 3.00 bits per heavy atom. The Balaban J connectivity index is 1.54. The van der Waals surface area contributed by atoms with E-state index in [0.29, 0.717) is 29.5 Å². The van der Waals surface area contributed by atoms with Gasteiger partial charge in [0.05, 0.1) is 12.1 Å². The molecule has 25 heavy (non-hydrogen) atoms. The molecule has 1 aliphatic heterocycles. The fourth-order valence-corrected chi connectivity index (χ4v) is 2.82. The number of hydrogen-bond acceptors (Lipinski definition) is 4. The number of methoxy groups -OCH3 is 1. The maximum Gasteiger partial charge on any atom is 0.244 e. The lowest BCUT2D eigenvalue weighted by Crippen LogP contribution is -2.23. The van der Waals surface area contributed by atoms with Gasteiger partial charge in [-0.1, -0.05) is 29.8 Å². The molecule has 1 heterocycles. The number of hydrogen-bond donors (Lipinski definition) is 1. The quantitative estimate of drug-likeness (QED) is 0.803. The molecule has 2 aromatic carbocycles. The van der Waals surface area contributed by atoms with E-state index in [1.54, 1.807) is 25.3 Å². The Morgan fingerprint density at radius 1 is 1.32 bits per heavy atom. The minimum atomic E-state index is -0.177. The van der Waals surface area contributed by atoms with Crippen LogP contribution in [0.1, 0.15) is 11.1 Å². The van der Waals surface area contributed by atoms with Gasteiger partial charge in [-0.3, -0.25) is 4.79 Å². The Kier molecular flexibility index (Phi) is 5.46. The summed E-state index contributed by atoms with van der Waals surface area (Å²) < 4.78 is 15.9. The summed E-state index contributed by atoms with van der Waals surface area (Å²) in [5.74, 6) is 1.77. The number of carbonyl (C=O) groups is 1. The van der Waals surface area contributed by atoms with Gasteiger partial charge in [-0.2, -0.15) is 0 Å². The van der Waals surface area contributed by atoms with Gasteiger partial charge in [-0.25, -0.2) is 0 Å². The predicted octanol–water partition coefficient (Wildman–Crippen LogP) is 3.45. The number of ether oxygens (including phenoxy) is 3. The molecule has 0 saturated heterocycles. The van der Waals surface area contributed by atoms with Crippen molar-refractivity contribution in [1.82, 2.24) is 5.32 Å². The molecule has 0 saturated carbocycles. The highest BCUT2D eigenvalue weighted by atomic mass is 35.5. The number of halogens is 1. The van der Waals surface area contributed by atoms with Crippen molar-refractivity contribution in [3.8, 4) is 17.2 Å². The van der Waals surface area contributed by atoms with Crippen molar-refractivity contribution in [3.63, 3.8) is 0 Å². The number of nitrogens with one attached hydrogen (secondary N) is 1. The van der Waals surface area contributed by atoms with Gasteiger partial charge < -0.3 is 19.5 Å². The topological polar surface area (TPSA) is 56.8 Å². The zero-order chi connectivity index (χ0) is 17.6. The lowest BCUT2D eigenvalue weighted by atomic mass is 10.1. The van der Waals surface area contributed by atoms with E-state index in [4.69, 9.17) is 25.8 Å². The van der Waals surface area contributed by atoms with Gasteiger partial charge in [-0.15, -0.1) is 0 Å². The zero-order valence-corrected chi connectivity index (χ0v) is 14.5. The summed E-state index contributed by atoms with van der Waals surface area (Å²) in [6.07, 6.45) is 3.85. The Bertz CT molecular complexity index is 804. The normalized spacial score (nSPS) is 12.4. The number of benzene rings is 2. The van der Waals surface area contributed by atoms with Crippen LogP contribution in [0.15, 0.2) is 42.5 Å². The summed E-state index contributed by atoms with van der Waals surface area (Å²) in [4.78, 5) is 12.0. The van der Waals surface area contributed by atoms with E-state index in [0.717, 1.165) is 16.9 Å². The first kappa shape index (κ1) is 17.2. The minimum absolute atomic E-state index is 0.158.